The number of aromatic amines is 1. The number of H-pyrrole nitrogens is 1. The van der Waals surface area contributed by atoms with E-state index in [9.17, 15) is 4.79 Å². The Bertz CT molecular complexity index is 333. The molecule has 1 aromatic heterocycles. The van der Waals surface area contributed by atoms with Gasteiger partial charge in [0.25, 0.3) is 5.91 Å². The molecule has 1 fully saturated rings. The zero-order valence-electron chi connectivity index (χ0n) is 9.22. The van der Waals surface area contributed by atoms with E-state index in [2.05, 4.69) is 15.4 Å². The first-order valence-corrected chi connectivity index (χ1v) is 5.69. The van der Waals surface area contributed by atoms with Gasteiger partial charge in [-0.1, -0.05) is 0 Å². The first kappa shape index (κ1) is 11.1. The Labute approximate surface area is 94.2 Å². The molecule has 0 unspecified atom stereocenters. The fourth-order valence-corrected chi connectivity index (χ4v) is 1.86. The predicted molar refractivity (Wildman–Crippen MR) is 58.7 cm³/mol. The zero-order chi connectivity index (χ0) is 11.4. The largest absolute Gasteiger partial charge is 0.334 e. The van der Waals surface area contributed by atoms with Crippen molar-refractivity contribution in [2.75, 3.05) is 13.1 Å². The van der Waals surface area contributed by atoms with Gasteiger partial charge in [0, 0.05) is 12.6 Å². The quantitative estimate of drug-likeness (QED) is 0.743. The molecule has 0 saturated heterocycles. The molecule has 0 aliphatic heterocycles. The Morgan fingerprint density at radius 2 is 2.44 bits per heavy atom. The lowest BCUT2D eigenvalue weighted by Crippen LogP contribution is -2.45. The summed E-state index contributed by atoms with van der Waals surface area (Å²) in [7, 11) is 0. The van der Waals surface area contributed by atoms with E-state index in [1.165, 1.54) is 12.6 Å². The van der Waals surface area contributed by atoms with E-state index in [4.69, 9.17) is 5.73 Å². The molecule has 6 heteroatoms. The first-order chi connectivity index (χ1) is 7.83. The fourth-order valence-electron chi connectivity index (χ4n) is 1.86. The second-order valence-corrected chi connectivity index (χ2v) is 4.08. The van der Waals surface area contributed by atoms with Crippen molar-refractivity contribution < 1.29 is 4.79 Å². The average molecular weight is 223 g/mol. The summed E-state index contributed by atoms with van der Waals surface area (Å²) in [6, 6.07) is 0.371. The summed E-state index contributed by atoms with van der Waals surface area (Å²) in [5.41, 5.74) is 5.88. The molecular weight excluding hydrogens is 206 g/mol. The monoisotopic (exact) mass is 223 g/mol. The number of amides is 1. The first-order valence-electron chi connectivity index (χ1n) is 5.69. The number of nitrogens with two attached hydrogens (primary N) is 1. The Morgan fingerprint density at radius 3 is 2.94 bits per heavy atom. The highest BCUT2D eigenvalue weighted by Crippen LogP contribution is 2.25. The number of aromatic nitrogens is 3. The van der Waals surface area contributed by atoms with Gasteiger partial charge in [0.2, 0.25) is 0 Å². The third-order valence-electron chi connectivity index (χ3n) is 3.01. The standard InChI is InChI=1S/C10H17N5O/c11-5-2-6-15(8-3-1-4-8)10(16)9-7-12-14-13-9/h7-8H,1-6,11H2,(H,12,13,14). The molecule has 0 radical (unpaired) electrons. The molecule has 0 atom stereocenters. The van der Waals surface area contributed by atoms with Crippen LogP contribution in [0.3, 0.4) is 0 Å². The molecule has 1 saturated carbocycles. The summed E-state index contributed by atoms with van der Waals surface area (Å²) >= 11 is 0. The molecule has 3 N–H and O–H groups in total. The Hall–Kier alpha value is -1.43. The molecule has 88 valence electrons. The molecule has 1 amide bonds. The number of hydrogen-bond acceptors (Lipinski definition) is 4. The topological polar surface area (TPSA) is 87.9 Å². The number of carbonyl (C=O) groups excluding carboxylic acids is 1. The van der Waals surface area contributed by atoms with Crippen LogP contribution in [-0.2, 0) is 0 Å². The highest BCUT2D eigenvalue weighted by Gasteiger charge is 2.29. The van der Waals surface area contributed by atoms with Crippen LogP contribution in [0.25, 0.3) is 0 Å². The van der Waals surface area contributed by atoms with Crippen LogP contribution in [0.4, 0.5) is 0 Å². The summed E-state index contributed by atoms with van der Waals surface area (Å²) in [6.07, 6.45) is 5.69. The van der Waals surface area contributed by atoms with Crippen molar-refractivity contribution in [1.29, 1.82) is 0 Å². The molecule has 1 aliphatic carbocycles. The summed E-state index contributed by atoms with van der Waals surface area (Å²) in [6.45, 7) is 1.32. The highest BCUT2D eigenvalue weighted by atomic mass is 16.2. The van der Waals surface area contributed by atoms with E-state index in [-0.39, 0.29) is 5.91 Å². The maximum absolute atomic E-state index is 12.1. The van der Waals surface area contributed by atoms with Crippen LogP contribution in [0.15, 0.2) is 6.20 Å². The van der Waals surface area contributed by atoms with Crippen LogP contribution >= 0.6 is 0 Å². The van der Waals surface area contributed by atoms with Crippen molar-refractivity contribution in [1.82, 2.24) is 20.3 Å². The number of rotatable bonds is 5. The van der Waals surface area contributed by atoms with E-state index in [1.54, 1.807) is 0 Å². The van der Waals surface area contributed by atoms with Crippen LogP contribution in [0, 0.1) is 0 Å². The lowest BCUT2D eigenvalue weighted by Gasteiger charge is -2.37. The van der Waals surface area contributed by atoms with Gasteiger partial charge in [0.15, 0.2) is 5.69 Å². The van der Waals surface area contributed by atoms with Crippen molar-refractivity contribution in [3.63, 3.8) is 0 Å². The van der Waals surface area contributed by atoms with Crippen molar-refractivity contribution in [2.24, 2.45) is 5.73 Å². The minimum Gasteiger partial charge on any atom is -0.334 e. The van der Waals surface area contributed by atoms with Gasteiger partial charge in [0.05, 0.1) is 6.20 Å². The van der Waals surface area contributed by atoms with Gasteiger partial charge in [0.1, 0.15) is 0 Å². The normalized spacial score (nSPS) is 15.8. The molecule has 1 aliphatic rings. The minimum atomic E-state index is -0.0353. The SMILES string of the molecule is NCCCN(C(=O)c1cn[nH]n1)C1CCC1. The molecule has 1 aromatic rings. The van der Waals surface area contributed by atoms with Gasteiger partial charge in [-0.3, -0.25) is 4.79 Å². The highest BCUT2D eigenvalue weighted by molar-refractivity contribution is 5.92. The smallest absolute Gasteiger partial charge is 0.276 e. The van der Waals surface area contributed by atoms with Crippen LogP contribution in [0.2, 0.25) is 0 Å². The summed E-state index contributed by atoms with van der Waals surface area (Å²) < 4.78 is 0. The van der Waals surface area contributed by atoms with Crippen molar-refractivity contribution >= 4 is 5.91 Å². The lowest BCUT2D eigenvalue weighted by atomic mass is 9.91. The number of nitrogens with one attached hydrogen (secondary N) is 1. The van der Waals surface area contributed by atoms with E-state index < -0.39 is 0 Å². The average Bonchev–Trinajstić information content (AvgIpc) is 2.73. The van der Waals surface area contributed by atoms with Gasteiger partial charge in [-0.25, -0.2) is 0 Å². The van der Waals surface area contributed by atoms with Crippen molar-refractivity contribution in [3.8, 4) is 0 Å². The Kier molecular flexibility index (Phi) is 3.51. The summed E-state index contributed by atoms with van der Waals surface area (Å²) in [5, 5.41) is 9.95. The molecule has 6 nitrogen and oxygen atoms in total. The minimum absolute atomic E-state index is 0.0353. The molecule has 2 rings (SSSR count). The molecule has 0 bridgehead atoms. The van der Waals surface area contributed by atoms with Crippen LogP contribution in [0.1, 0.15) is 36.2 Å². The zero-order valence-corrected chi connectivity index (χ0v) is 9.22. The number of nitrogens with zero attached hydrogens (tertiary/aromatic N) is 3. The van der Waals surface area contributed by atoms with Gasteiger partial charge in [-0.05, 0) is 32.2 Å². The Balaban J connectivity index is 2.02. The number of hydrogen-bond donors (Lipinski definition) is 2. The predicted octanol–water partition coefficient (Wildman–Crippen LogP) is 0.148. The maximum atomic E-state index is 12.1. The van der Waals surface area contributed by atoms with E-state index in [1.807, 2.05) is 4.90 Å². The molecule has 16 heavy (non-hydrogen) atoms. The molecular formula is C10H17N5O. The third-order valence-corrected chi connectivity index (χ3v) is 3.01. The van der Waals surface area contributed by atoms with E-state index >= 15 is 0 Å². The van der Waals surface area contributed by atoms with Crippen molar-refractivity contribution in [3.05, 3.63) is 11.9 Å². The Morgan fingerprint density at radius 1 is 1.62 bits per heavy atom. The van der Waals surface area contributed by atoms with Crippen molar-refractivity contribution in [2.45, 2.75) is 31.7 Å². The van der Waals surface area contributed by atoms with Crippen LogP contribution in [-0.4, -0.2) is 45.3 Å². The molecule has 0 aromatic carbocycles. The van der Waals surface area contributed by atoms with Gasteiger partial charge < -0.3 is 10.6 Å². The maximum Gasteiger partial charge on any atom is 0.276 e. The van der Waals surface area contributed by atoms with Gasteiger partial charge in [-0.2, -0.15) is 15.4 Å². The van der Waals surface area contributed by atoms with E-state index in [0.29, 0.717) is 24.8 Å². The third kappa shape index (κ3) is 2.21. The molecule has 1 heterocycles. The fraction of sp³-hybridized carbons (Fsp3) is 0.700. The summed E-state index contributed by atoms with van der Waals surface area (Å²) in [4.78, 5) is 14.0. The second-order valence-electron chi connectivity index (χ2n) is 4.08. The van der Waals surface area contributed by atoms with Crippen LogP contribution in [0.5, 0.6) is 0 Å². The van der Waals surface area contributed by atoms with Gasteiger partial charge >= 0.3 is 0 Å². The van der Waals surface area contributed by atoms with E-state index in [0.717, 1.165) is 19.3 Å². The molecule has 0 spiro atoms. The lowest BCUT2D eigenvalue weighted by molar-refractivity contribution is 0.0572. The van der Waals surface area contributed by atoms with Gasteiger partial charge in [-0.15, -0.1) is 0 Å². The van der Waals surface area contributed by atoms with Crippen LogP contribution < -0.4 is 5.73 Å². The summed E-state index contributed by atoms with van der Waals surface area (Å²) in [5.74, 6) is -0.0353. The second kappa shape index (κ2) is 5.07. The number of carbonyl (C=O) groups is 1.